The predicted octanol–water partition coefficient (Wildman–Crippen LogP) is 0.969. The highest BCUT2D eigenvalue weighted by Crippen LogP contribution is 2.05. The van der Waals surface area contributed by atoms with Gasteiger partial charge in [0.2, 0.25) is 0 Å². The molecule has 0 aromatic carbocycles. The Labute approximate surface area is 64.2 Å². The number of hydrogen-bond acceptors (Lipinski definition) is 2. The van der Waals surface area contributed by atoms with Crippen LogP contribution in [0, 0.1) is 5.92 Å². The number of nitrogens with two attached hydrogens (primary N) is 1. The second-order valence-corrected chi connectivity index (χ2v) is 3.19. The minimum Gasteiger partial charge on any atom is -0.330 e. The van der Waals surface area contributed by atoms with E-state index in [1.807, 2.05) is 7.05 Å². The molecule has 0 aliphatic rings. The van der Waals surface area contributed by atoms with E-state index < -0.39 is 0 Å². The zero-order chi connectivity index (χ0) is 7.98. The number of rotatable bonds is 5. The molecule has 0 bridgehead atoms. The Hall–Kier alpha value is -0.0800. The third-order valence-corrected chi connectivity index (χ3v) is 1.68. The first-order chi connectivity index (χ1) is 4.70. The summed E-state index contributed by atoms with van der Waals surface area (Å²) in [5.74, 6) is 0.768. The van der Waals surface area contributed by atoms with E-state index in [0.717, 1.165) is 18.9 Å². The van der Waals surface area contributed by atoms with Crippen molar-refractivity contribution in [1.82, 2.24) is 5.32 Å². The molecular weight excluding hydrogens is 124 g/mol. The maximum Gasteiger partial charge on any atom is 0.00785 e. The summed E-state index contributed by atoms with van der Waals surface area (Å²) >= 11 is 0. The van der Waals surface area contributed by atoms with Crippen molar-refractivity contribution < 1.29 is 0 Å². The van der Waals surface area contributed by atoms with Crippen molar-refractivity contribution >= 4 is 0 Å². The molecule has 0 saturated heterocycles. The van der Waals surface area contributed by atoms with Crippen LogP contribution in [0.3, 0.4) is 0 Å². The third-order valence-electron chi connectivity index (χ3n) is 1.68. The standard InChI is InChI=1S/C8H20N2/c1-7(2)6-8(10-3)4-5-9/h7-8,10H,4-6,9H2,1-3H3. The summed E-state index contributed by atoms with van der Waals surface area (Å²) in [5, 5.41) is 3.25. The largest absolute Gasteiger partial charge is 0.330 e. The van der Waals surface area contributed by atoms with E-state index in [1.54, 1.807) is 0 Å². The molecule has 2 nitrogen and oxygen atoms in total. The molecule has 1 unspecified atom stereocenters. The fourth-order valence-electron chi connectivity index (χ4n) is 1.15. The highest BCUT2D eigenvalue weighted by molar-refractivity contribution is 4.66. The van der Waals surface area contributed by atoms with E-state index in [4.69, 9.17) is 5.73 Å². The maximum absolute atomic E-state index is 5.44. The minimum atomic E-state index is 0.616. The topological polar surface area (TPSA) is 38.0 Å². The molecule has 62 valence electrons. The first-order valence-electron chi connectivity index (χ1n) is 4.08. The number of nitrogens with one attached hydrogen (secondary N) is 1. The Morgan fingerprint density at radius 2 is 2.00 bits per heavy atom. The van der Waals surface area contributed by atoms with Gasteiger partial charge in [-0.05, 0) is 32.4 Å². The van der Waals surface area contributed by atoms with E-state index in [2.05, 4.69) is 19.2 Å². The lowest BCUT2D eigenvalue weighted by atomic mass is 10.0. The Morgan fingerprint density at radius 3 is 2.30 bits per heavy atom. The lowest BCUT2D eigenvalue weighted by molar-refractivity contribution is 0.425. The Kier molecular flexibility index (Phi) is 5.64. The molecule has 0 radical (unpaired) electrons. The molecule has 0 amide bonds. The van der Waals surface area contributed by atoms with Crippen LogP contribution in [0.5, 0.6) is 0 Å². The first-order valence-corrected chi connectivity index (χ1v) is 4.08. The van der Waals surface area contributed by atoms with Crippen LogP contribution in [0.4, 0.5) is 0 Å². The highest BCUT2D eigenvalue weighted by atomic mass is 14.9. The van der Waals surface area contributed by atoms with Gasteiger partial charge in [0, 0.05) is 6.04 Å². The van der Waals surface area contributed by atoms with Gasteiger partial charge in [0.05, 0.1) is 0 Å². The molecule has 0 aliphatic carbocycles. The fraction of sp³-hybridized carbons (Fsp3) is 1.00. The summed E-state index contributed by atoms with van der Waals surface area (Å²) < 4.78 is 0. The molecule has 0 rings (SSSR count). The van der Waals surface area contributed by atoms with Crippen molar-refractivity contribution in [3.05, 3.63) is 0 Å². The van der Waals surface area contributed by atoms with E-state index in [0.29, 0.717) is 6.04 Å². The second-order valence-electron chi connectivity index (χ2n) is 3.19. The van der Waals surface area contributed by atoms with Crippen LogP contribution in [-0.4, -0.2) is 19.6 Å². The Balaban J connectivity index is 3.39. The van der Waals surface area contributed by atoms with E-state index in [9.17, 15) is 0 Å². The zero-order valence-electron chi connectivity index (χ0n) is 7.35. The van der Waals surface area contributed by atoms with Crippen molar-refractivity contribution in [3.8, 4) is 0 Å². The van der Waals surface area contributed by atoms with Crippen molar-refractivity contribution in [3.63, 3.8) is 0 Å². The van der Waals surface area contributed by atoms with Gasteiger partial charge >= 0.3 is 0 Å². The summed E-state index contributed by atoms with van der Waals surface area (Å²) in [7, 11) is 2.00. The summed E-state index contributed by atoms with van der Waals surface area (Å²) in [6.07, 6.45) is 2.32. The lowest BCUT2D eigenvalue weighted by Crippen LogP contribution is -2.29. The van der Waals surface area contributed by atoms with Crippen molar-refractivity contribution in [2.75, 3.05) is 13.6 Å². The summed E-state index contributed by atoms with van der Waals surface area (Å²) in [4.78, 5) is 0. The van der Waals surface area contributed by atoms with Gasteiger partial charge in [-0.2, -0.15) is 0 Å². The van der Waals surface area contributed by atoms with Crippen molar-refractivity contribution in [2.45, 2.75) is 32.7 Å². The molecule has 0 aliphatic heterocycles. The van der Waals surface area contributed by atoms with E-state index >= 15 is 0 Å². The Bertz CT molecular complexity index is 71.7. The van der Waals surface area contributed by atoms with Gasteiger partial charge in [-0.1, -0.05) is 13.8 Å². The van der Waals surface area contributed by atoms with Gasteiger partial charge in [-0.25, -0.2) is 0 Å². The molecule has 2 heteroatoms. The van der Waals surface area contributed by atoms with Gasteiger partial charge < -0.3 is 11.1 Å². The van der Waals surface area contributed by atoms with Crippen LogP contribution < -0.4 is 11.1 Å². The number of hydrogen-bond donors (Lipinski definition) is 2. The minimum absolute atomic E-state index is 0.616. The van der Waals surface area contributed by atoms with E-state index in [1.165, 1.54) is 6.42 Å². The van der Waals surface area contributed by atoms with Crippen LogP contribution in [0.1, 0.15) is 26.7 Å². The Morgan fingerprint density at radius 1 is 1.40 bits per heavy atom. The molecular formula is C8H20N2. The first kappa shape index (κ1) is 9.92. The van der Waals surface area contributed by atoms with Crippen LogP contribution in [0.2, 0.25) is 0 Å². The molecule has 1 atom stereocenters. The quantitative estimate of drug-likeness (QED) is 0.603. The van der Waals surface area contributed by atoms with Gasteiger partial charge in [0.15, 0.2) is 0 Å². The molecule has 0 heterocycles. The van der Waals surface area contributed by atoms with Gasteiger partial charge in [-0.15, -0.1) is 0 Å². The zero-order valence-corrected chi connectivity index (χ0v) is 7.35. The molecule has 3 N–H and O–H groups in total. The van der Waals surface area contributed by atoms with E-state index in [-0.39, 0.29) is 0 Å². The average molecular weight is 144 g/mol. The fourth-order valence-corrected chi connectivity index (χ4v) is 1.15. The second kappa shape index (κ2) is 5.69. The van der Waals surface area contributed by atoms with Crippen molar-refractivity contribution in [2.24, 2.45) is 11.7 Å². The van der Waals surface area contributed by atoms with Crippen molar-refractivity contribution in [1.29, 1.82) is 0 Å². The van der Waals surface area contributed by atoms with Crippen LogP contribution in [0.15, 0.2) is 0 Å². The van der Waals surface area contributed by atoms with Gasteiger partial charge in [0.1, 0.15) is 0 Å². The van der Waals surface area contributed by atoms with Crippen LogP contribution >= 0.6 is 0 Å². The summed E-state index contributed by atoms with van der Waals surface area (Å²) in [6.45, 7) is 5.26. The molecule has 0 saturated carbocycles. The normalized spacial score (nSPS) is 14.1. The smallest absolute Gasteiger partial charge is 0.00785 e. The molecule has 0 fully saturated rings. The monoisotopic (exact) mass is 144 g/mol. The lowest BCUT2D eigenvalue weighted by Gasteiger charge is -2.16. The maximum atomic E-state index is 5.44. The highest BCUT2D eigenvalue weighted by Gasteiger charge is 2.05. The summed E-state index contributed by atoms with van der Waals surface area (Å²) in [6, 6.07) is 0.616. The van der Waals surface area contributed by atoms with Gasteiger partial charge in [0.25, 0.3) is 0 Å². The molecule has 0 aromatic rings. The average Bonchev–Trinajstić information content (AvgIpc) is 1.86. The van der Waals surface area contributed by atoms with Gasteiger partial charge in [-0.3, -0.25) is 0 Å². The predicted molar refractivity (Wildman–Crippen MR) is 46.0 cm³/mol. The summed E-state index contributed by atoms with van der Waals surface area (Å²) in [5.41, 5.74) is 5.44. The SMILES string of the molecule is CNC(CCN)CC(C)C. The molecule has 0 spiro atoms. The molecule has 10 heavy (non-hydrogen) atoms. The van der Waals surface area contributed by atoms with Crippen LogP contribution in [-0.2, 0) is 0 Å². The third kappa shape index (κ3) is 4.77. The van der Waals surface area contributed by atoms with Crippen LogP contribution in [0.25, 0.3) is 0 Å². The molecule has 0 aromatic heterocycles.